The summed E-state index contributed by atoms with van der Waals surface area (Å²) in [6, 6.07) is 7.89. The monoisotopic (exact) mass is 306 g/mol. The molecule has 5 heteroatoms. The van der Waals surface area contributed by atoms with E-state index < -0.39 is 0 Å². The Balaban J connectivity index is 1.82. The molecule has 3 nitrogen and oxygen atoms in total. The molecule has 3 rings (SSSR count). The van der Waals surface area contributed by atoms with E-state index in [1.807, 2.05) is 34.5 Å². The van der Waals surface area contributed by atoms with Crippen molar-refractivity contribution in [3.8, 4) is 0 Å². The minimum atomic E-state index is 0.112. The van der Waals surface area contributed by atoms with Crippen LogP contribution in [0.3, 0.4) is 0 Å². The number of halogens is 1. The minimum absolute atomic E-state index is 0.112. The summed E-state index contributed by atoms with van der Waals surface area (Å²) in [5, 5.41) is 2.91. The van der Waals surface area contributed by atoms with Crippen LogP contribution in [0, 0.1) is 0 Å². The first-order valence-electron chi connectivity index (χ1n) is 6.64. The predicted octanol–water partition coefficient (Wildman–Crippen LogP) is 3.47. The van der Waals surface area contributed by atoms with Gasteiger partial charge in [-0.1, -0.05) is 18.2 Å². The van der Waals surface area contributed by atoms with Crippen molar-refractivity contribution in [3.63, 3.8) is 0 Å². The van der Waals surface area contributed by atoms with Crippen LogP contribution in [-0.2, 0) is 18.8 Å². The third-order valence-corrected chi connectivity index (χ3v) is 4.63. The lowest BCUT2D eigenvalue weighted by Crippen LogP contribution is -2.30. The second-order valence-corrected chi connectivity index (χ2v) is 6.06. The number of amides is 1. The van der Waals surface area contributed by atoms with Crippen LogP contribution < -0.4 is 0 Å². The highest BCUT2D eigenvalue weighted by Gasteiger charge is 2.22. The fourth-order valence-corrected chi connectivity index (χ4v) is 3.51. The van der Waals surface area contributed by atoms with Crippen molar-refractivity contribution in [2.24, 2.45) is 0 Å². The maximum Gasteiger partial charge on any atom is 0.254 e. The number of aromatic nitrogens is 1. The number of fused-ring (bicyclic) bond motifs is 1. The SMILES string of the molecule is O=C1c2ccccc2CCCN1Cc1nc(CCl)cs1. The molecule has 104 valence electrons. The highest BCUT2D eigenvalue weighted by Crippen LogP contribution is 2.21. The second-order valence-electron chi connectivity index (χ2n) is 4.85. The van der Waals surface area contributed by atoms with E-state index in [9.17, 15) is 4.79 Å². The summed E-state index contributed by atoms with van der Waals surface area (Å²) in [5.41, 5.74) is 2.87. The number of carbonyl (C=O) groups is 1. The standard InChI is InChI=1S/C15H15ClN2OS/c16-8-12-10-20-14(17-12)9-18-7-3-5-11-4-1-2-6-13(11)15(18)19/h1-2,4,6,10H,3,5,7-9H2. The predicted molar refractivity (Wildman–Crippen MR) is 81.2 cm³/mol. The number of nitrogens with zero attached hydrogens (tertiary/aromatic N) is 2. The molecule has 0 unspecified atom stereocenters. The number of benzene rings is 1. The molecule has 1 aromatic heterocycles. The fourth-order valence-electron chi connectivity index (χ4n) is 2.48. The molecule has 0 saturated heterocycles. The Morgan fingerprint density at radius 1 is 1.35 bits per heavy atom. The average Bonchev–Trinajstić information content (AvgIpc) is 2.87. The van der Waals surface area contributed by atoms with Gasteiger partial charge in [-0.3, -0.25) is 4.79 Å². The van der Waals surface area contributed by atoms with Gasteiger partial charge in [-0.25, -0.2) is 4.98 Å². The number of aryl methyl sites for hydroxylation is 1. The van der Waals surface area contributed by atoms with Crippen molar-refractivity contribution in [1.82, 2.24) is 9.88 Å². The van der Waals surface area contributed by atoms with Gasteiger partial charge < -0.3 is 4.90 Å². The van der Waals surface area contributed by atoms with Crippen LogP contribution in [-0.4, -0.2) is 22.3 Å². The molecule has 0 radical (unpaired) electrons. The summed E-state index contributed by atoms with van der Waals surface area (Å²) in [4.78, 5) is 18.9. The molecule has 0 fully saturated rings. The van der Waals surface area contributed by atoms with E-state index in [-0.39, 0.29) is 5.91 Å². The molecule has 0 spiro atoms. The molecule has 1 aliphatic rings. The minimum Gasteiger partial charge on any atom is -0.332 e. The van der Waals surface area contributed by atoms with E-state index in [0.29, 0.717) is 12.4 Å². The quantitative estimate of drug-likeness (QED) is 0.814. The number of hydrogen-bond acceptors (Lipinski definition) is 3. The number of alkyl halides is 1. The highest BCUT2D eigenvalue weighted by molar-refractivity contribution is 7.09. The summed E-state index contributed by atoms with van der Waals surface area (Å²) in [7, 11) is 0. The Bertz CT molecular complexity index is 626. The average molecular weight is 307 g/mol. The van der Waals surface area contributed by atoms with Gasteiger partial charge in [-0.2, -0.15) is 0 Å². The topological polar surface area (TPSA) is 33.2 Å². The summed E-state index contributed by atoms with van der Waals surface area (Å²) in [5.74, 6) is 0.536. The van der Waals surface area contributed by atoms with Gasteiger partial charge in [0.05, 0.1) is 18.1 Å². The van der Waals surface area contributed by atoms with Crippen molar-refractivity contribution in [1.29, 1.82) is 0 Å². The Labute approximate surface area is 127 Å². The number of thiazole rings is 1. The van der Waals surface area contributed by atoms with Crippen LogP contribution >= 0.6 is 22.9 Å². The van der Waals surface area contributed by atoms with Gasteiger partial charge in [0, 0.05) is 17.5 Å². The van der Waals surface area contributed by atoms with E-state index in [0.717, 1.165) is 41.2 Å². The molecule has 0 N–H and O–H groups in total. The van der Waals surface area contributed by atoms with E-state index in [1.165, 1.54) is 0 Å². The lowest BCUT2D eigenvalue weighted by atomic mass is 10.0. The lowest BCUT2D eigenvalue weighted by Gasteiger charge is -2.19. The Morgan fingerprint density at radius 3 is 3.00 bits per heavy atom. The Morgan fingerprint density at radius 2 is 2.20 bits per heavy atom. The Hall–Kier alpha value is -1.39. The Kier molecular flexibility index (Phi) is 4.03. The van der Waals surface area contributed by atoms with Gasteiger partial charge in [0.25, 0.3) is 5.91 Å². The maximum absolute atomic E-state index is 12.6. The first-order chi connectivity index (χ1) is 9.78. The number of hydrogen-bond donors (Lipinski definition) is 0. The summed E-state index contributed by atoms with van der Waals surface area (Å²) < 4.78 is 0. The van der Waals surface area contributed by atoms with E-state index >= 15 is 0 Å². The zero-order valence-electron chi connectivity index (χ0n) is 11.0. The lowest BCUT2D eigenvalue weighted by molar-refractivity contribution is 0.0748. The van der Waals surface area contributed by atoms with Crippen molar-refractivity contribution < 1.29 is 4.79 Å². The van der Waals surface area contributed by atoms with E-state index in [2.05, 4.69) is 4.98 Å². The third kappa shape index (κ3) is 2.72. The van der Waals surface area contributed by atoms with Gasteiger partial charge >= 0.3 is 0 Å². The largest absolute Gasteiger partial charge is 0.332 e. The second kappa shape index (κ2) is 5.94. The van der Waals surface area contributed by atoms with Crippen molar-refractivity contribution in [3.05, 3.63) is 51.5 Å². The normalized spacial score (nSPS) is 15.1. The molecular formula is C15H15ClN2OS. The molecule has 0 saturated carbocycles. The van der Waals surface area contributed by atoms with Crippen LogP contribution in [0.15, 0.2) is 29.6 Å². The van der Waals surface area contributed by atoms with Crippen LogP contribution in [0.25, 0.3) is 0 Å². The fraction of sp³-hybridized carbons (Fsp3) is 0.333. The smallest absolute Gasteiger partial charge is 0.254 e. The van der Waals surface area contributed by atoms with Gasteiger partial charge in [0.15, 0.2) is 0 Å². The molecule has 0 aliphatic carbocycles. The molecule has 2 aromatic rings. The first kappa shape index (κ1) is 13.6. The van der Waals surface area contributed by atoms with Crippen LogP contribution in [0.4, 0.5) is 0 Å². The molecule has 0 bridgehead atoms. The zero-order valence-corrected chi connectivity index (χ0v) is 12.6. The molecule has 1 aliphatic heterocycles. The summed E-state index contributed by atoms with van der Waals surface area (Å²) in [6.45, 7) is 1.36. The molecule has 20 heavy (non-hydrogen) atoms. The van der Waals surface area contributed by atoms with Crippen molar-refractivity contribution in [2.75, 3.05) is 6.54 Å². The van der Waals surface area contributed by atoms with Crippen LogP contribution in [0.5, 0.6) is 0 Å². The molecular weight excluding hydrogens is 292 g/mol. The van der Waals surface area contributed by atoms with Crippen molar-refractivity contribution in [2.45, 2.75) is 25.3 Å². The van der Waals surface area contributed by atoms with Crippen molar-refractivity contribution >= 4 is 28.8 Å². The molecule has 2 heterocycles. The van der Waals surface area contributed by atoms with Gasteiger partial charge in [-0.05, 0) is 24.5 Å². The van der Waals surface area contributed by atoms with Gasteiger partial charge in [0.2, 0.25) is 0 Å². The molecule has 1 aromatic carbocycles. The maximum atomic E-state index is 12.6. The summed E-state index contributed by atoms with van der Waals surface area (Å²) in [6.07, 6.45) is 1.96. The highest BCUT2D eigenvalue weighted by atomic mass is 35.5. The number of carbonyl (C=O) groups excluding carboxylic acids is 1. The first-order valence-corrected chi connectivity index (χ1v) is 8.06. The molecule has 0 atom stereocenters. The summed E-state index contributed by atoms with van der Waals surface area (Å²) >= 11 is 7.34. The third-order valence-electron chi connectivity index (χ3n) is 3.47. The van der Waals surface area contributed by atoms with Gasteiger partial charge in [-0.15, -0.1) is 22.9 Å². The van der Waals surface area contributed by atoms with Crippen LogP contribution in [0.1, 0.15) is 33.0 Å². The van der Waals surface area contributed by atoms with E-state index in [1.54, 1.807) is 11.3 Å². The molecule has 1 amide bonds. The number of rotatable bonds is 3. The van der Waals surface area contributed by atoms with E-state index in [4.69, 9.17) is 11.6 Å². The zero-order chi connectivity index (χ0) is 13.9. The van der Waals surface area contributed by atoms with Crippen LogP contribution in [0.2, 0.25) is 0 Å². The van der Waals surface area contributed by atoms with Gasteiger partial charge in [0.1, 0.15) is 5.01 Å².